The van der Waals surface area contributed by atoms with Crippen LogP contribution in [0.4, 0.5) is 10.5 Å². The maximum atomic E-state index is 12.0. The van der Waals surface area contributed by atoms with Crippen LogP contribution in [-0.2, 0) is 6.54 Å². The van der Waals surface area contributed by atoms with E-state index < -0.39 is 0 Å². The van der Waals surface area contributed by atoms with Gasteiger partial charge in [0.05, 0.1) is 0 Å². The third-order valence-corrected chi connectivity index (χ3v) is 2.88. The normalized spacial score (nSPS) is 9.70. The van der Waals surface area contributed by atoms with E-state index >= 15 is 0 Å². The highest BCUT2D eigenvalue weighted by Gasteiger charge is 2.09. The van der Waals surface area contributed by atoms with Crippen molar-refractivity contribution in [2.24, 2.45) is 0 Å². The number of nitrogens with zero attached hydrogens (tertiary/aromatic N) is 2. The Morgan fingerprint density at radius 2 is 1.70 bits per heavy atom. The summed E-state index contributed by atoms with van der Waals surface area (Å²) in [6, 6.07) is 7.99. The van der Waals surface area contributed by atoms with Crippen molar-refractivity contribution < 1.29 is 4.79 Å². The topological polar surface area (TPSA) is 35.6 Å². The number of hydrogen-bond donors (Lipinski definition) is 1. The first kappa shape index (κ1) is 15.8. The van der Waals surface area contributed by atoms with Crippen LogP contribution in [-0.4, -0.2) is 38.1 Å². The van der Waals surface area contributed by atoms with Gasteiger partial charge in [-0.2, -0.15) is 0 Å². The molecule has 0 fully saturated rings. The molecule has 0 aliphatic carbocycles. The van der Waals surface area contributed by atoms with Gasteiger partial charge in [0.1, 0.15) is 0 Å². The molecular formula is C16H23N3O. The Kier molecular flexibility index (Phi) is 6.37. The number of anilines is 1. The van der Waals surface area contributed by atoms with Crippen LogP contribution in [0.5, 0.6) is 0 Å². The molecule has 0 atom stereocenters. The van der Waals surface area contributed by atoms with Crippen molar-refractivity contribution in [3.63, 3.8) is 0 Å². The summed E-state index contributed by atoms with van der Waals surface area (Å²) in [5, 5.41) is 2.90. The van der Waals surface area contributed by atoms with E-state index in [4.69, 9.17) is 0 Å². The van der Waals surface area contributed by atoms with Crippen LogP contribution in [0.15, 0.2) is 49.6 Å². The maximum absolute atomic E-state index is 12.0. The Labute approximate surface area is 121 Å². The van der Waals surface area contributed by atoms with E-state index in [9.17, 15) is 4.79 Å². The molecule has 0 aliphatic heterocycles. The average Bonchev–Trinajstić information content (AvgIpc) is 2.45. The van der Waals surface area contributed by atoms with E-state index in [0.29, 0.717) is 19.6 Å². The largest absolute Gasteiger partial charge is 0.378 e. The van der Waals surface area contributed by atoms with Gasteiger partial charge in [-0.15, -0.1) is 13.2 Å². The van der Waals surface area contributed by atoms with E-state index in [0.717, 1.165) is 11.3 Å². The van der Waals surface area contributed by atoms with Crippen molar-refractivity contribution in [3.8, 4) is 0 Å². The summed E-state index contributed by atoms with van der Waals surface area (Å²) in [7, 11) is 4.00. The lowest BCUT2D eigenvalue weighted by atomic mass is 10.2. The molecule has 108 valence electrons. The highest BCUT2D eigenvalue weighted by molar-refractivity contribution is 5.74. The van der Waals surface area contributed by atoms with Crippen molar-refractivity contribution in [2.75, 3.05) is 32.1 Å². The molecule has 1 aromatic rings. The zero-order chi connectivity index (χ0) is 15.0. The number of benzene rings is 1. The predicted octanol–water partition coefficient (Wildman–Crippen LogP) is 2.64. The minimum Gasteiger partial charge on any atom is -0.378 e. The van der Waals surface area contributed by atoms with Crippen molar-refractivity contribution in [1.82, 2.24) is 10.2 Å². The molecule has 1 N–H and O–H groups in total. The van der Waals surface area contributed by atoms with Crippen LogP contribution < -0.4 is 10.2 Å². The van der Waals surface area contributed by atoms with Gasteiger partial charge in [-0.05, 0) is 17.7 Å². The summed E-state index contributed by atoms with van der Waals surface area (Å²) >= 11 is 0. The molecule has 0 saturated carbocycles. The minimum absolute atomic E-state index is 0.110. The molecule has 0 saturated heterocycles. The van der Waals surface area contributed by atoms with Crippen LogP contribution in [0.1, 0.15) is 5.56 Å². The van der Waals surface area contributed by atoms with Gasteiger partial charge >= 0.3 is 6.03 Å². The number of hydrogen-bond acceptors (Lipinski definition) is 2. The molecule has 2 amide bonds. The first-order valence-electron chi connectivity index (χ1n) is 6.59. The Balaban J connectivity index is 2.54. The van der Waals surface area contributed by atoms with E-state index in [1.165, 1.54) is 0 Å². The summed E-state index contributed by atoms with van der Waals surface area (Å²) in [4.78, 5) is 15.7. The molecule has 4 heteroatoms. The maximum Gasteiger partial charge on any atom is 0.318 e. The molecule has 0 radical (unpaired) electrons. The van der Waals surface area contributed by atoms with Gasteiger partial charge in [-0.25, -0.2) is 4.79 Å². The number of urea groups is 1. The zero-order valence-electron chi connectivity index (χ0n) is 12.3. The van der Waals surface area contributed by atoms with Crippen LogP contribution >= 0.6 is 0 Å². The van der Waals surface area contributed by atoms with E-state index in [1.54, 1.807) is 17.1 Å². The minimum atomic E-state index is -0.110. The molecule has 0 spiro atoms. The molecule has 0 aromatic heterocycles. The van der Waals surface area contributed by atoms with Gasteiger partial charge in [-0.1, -0.05) is 24.3 Å². The Hall–Kier alpha value is -2.23. The number of nitrogens with one attached hydrogen (secondary N) is 1. The standard InChI is InChI=1S/C16H23N3O/c1-5-11-19(12-6-2)16(20)17-13-14-7-9-15(10-8-14)18(3)4/h5-10H,1-2,11-13H2,3-4H3,(H,17,20). The summed E-state index contributed by atoms with van der Waals surface area (Å²) in [6.45, 7) is 8.83. The molecule has 0 heterocycles. The molecule has 1 rings (SSSR count). The number of carbonyl (C=O) groups excluding carboxylic acids is 1. The van der Waals surface area contributed by atoms with Gasteiger partial charge in [0, 0.05) is 39.4 Å². The fourth-order valence-electron chi connectivity index (χ4n) is 1.75. The van der Waals surface area contributed by atoms with Gasteiger partial charge in [0.25, 0.3) is 0 Å². The number of rotatable bonds is 7. The monoisotopic (exact) mass is 273 g/mol. The number of carbonyl (C=O) groups is 1. The smallest absolute Gasteiger partial charge is 0.318 e. The van der Waals surface area contributed by atoms with E-state index in [1.807, 2.05) is 43.3 Å². The molecule has 0 unspecified atom stereocenters. The lowest BCUT2D eigenvalue weighted by Gasteiger charge is -2.20. The van der Waals surface area contributed by atoms with Gasteiger partial charge < -0.3 is 15.1 Å². The second-order valence-corrected chi connectivity index (χ2v) is 4.70. The Morgan fingerprint density at radius 1 is 1.15 bits per heavy atom. The van der Waals surface area contributed by atoms with Gasteiger partial charge in [-0.3, -0.25) is 0 Å². The zero-order valence-corrected chi connectivity index (χ0v) is 12.3. The predicted molar refractivity (Wildman–Crippen MR) is 85.0 cm³/mol. The van der Waals surface area contributed by atoms with Crippen molar-refractivity contribution in [3.05, 3.63) is 55.1 Å². The third kappa shape index (κ3) is 4.80. The molecule has 0 bridgehead atoms. The highest BCUT2D eigenvalue weighted by atomic mass is 16.2. The van der Waals surface area contributed by atoms with Crippen LogP contribution in [0, 0.1) is 0 Å². The van der Waals surface area contributed by atoms with Crippen LogP contribution in [0.2, 0.25) is 0 Å². The second kappa shape index (κ2) is 8.04. The molecule has 1 aromatic carbocycles. The summed E-state index contributed by atoms with van der Waals surface area (Å²) < 4.78 is 0. The first-order valence-corrected chi connectivity index (χ1v) is 6.59. The summed E-state index contributed by atoms with van der Waals surface area (Å²) in [6.07, 6.45) is 3.41. The highest BCUT2D eigenvalue weighted by Crippen LogP contribution is 2.12. The van der Waals surface area contributed by atoms with E-state index in [-0.39, 0.29) is 6.03 Å². The summed E-state index contributed by atoms with van der Waals surface area (Å²) in [5.74, 6) is 0. The van der Waals surface area contributed by atoms with E-state index in [2.05, 4.69) is 18.5 Å². The SMILES string of the molecule is C=CCN(CC=C)C(=O)NCc1ccc(N(C)C)cc1. The van der Waals surface area contributed by atoms with Crippen molar-refractivity contribution >= 4 is 11.7 Å². The fraction of sp³-hybridized carbons (Fsp3) is 0.312. The molecule has 0 aliphatic rings. The fourth-order valence-corrected chi connectivity index (χ4v) is 1.75. The Morgan fingerprint density at radius 3 is 2.15 bits per heavy atom. The molecule has 20 heavy (non-hydrogen) atoms. The Bertz CT molecular complexity index is 441. The summed E-state index contributed by atoms with van der Waals surface area (Å²) in [5.41, 5.74) is 2.21. The second-order valence-electron chi connectivity index (χ2n) is 4.70. The van der Waals surface area contributed by atoms with Crippen molar-refractivity contribution in [1.29, 1.82) is 0 Å². The quantitative estimate of drug-likeness (QED) is 0.775. The van der Waals surface area contributed by atoms with Crippen molar-refractivity contribution in [2.45, 2.75) is 6.54 Å². The van der Waals surface area contributed by atoms with Crippen LogP contribution in [0.3, 0.4) is 0 Å². The number of amides is 2. The lowest BCUT2D eigenvalue weighted by molar-refractivity contribution is 0.208. The molecule has 4 nitrogen and oxygen atoms in total. The first-order chi connectivity index (χ1) is 9.58. The molecular weight excluding hydrogens is 250 g/mol. The van der Waals surface area contributed by atoms with Gasteiger partial charge in [0.15, 0.2) is 0 Å². The lowest BCUT2D eigenvalue weighted by Crippen LogP contribution is -2.39. The third-order valence-electron chi connectivity index (χ3n) is 2.88. The van der Waals surface area contributed by atoms with Gasteiger partial charge in [0.2, 0.25) is 0 Å². The van der Waals surface area contributed by atoms with Crippen LogP contribution in [0.25, 0.3) is 0 Å². The average molecular weight is 273 g/mol.